The molecule has 1 aromatic heterocycles. The Labute approximate surface area is 178 Å². The molecule has 31 heavy (non-hydrogen) atoms. The smallest absolute Gasteiger partial charge is 0.320 e. The normalized spacial score (nSPS) is 15.8. The number of nitrogen functional groups attached to an aromatic ring is 1. The third-order valence-electron chi connectivity index (χ3n) is 5.35. The number of nitrogens with one attached hydrogen (secondary N) is 2. The van der Waals surface area contributed by atoms with Crippen LogP contribution in [0.4, 0.5) is 5.69 Å². The van der Waals surface area contributed by atoms with Crippen molar-refractivity contribution in [2.45, 2.75) is 25.3 Å². The summed E-state index contributed by atoms with van der Waals surface area (Å²) < 4.78 is 0. The minimum atomic E-state index is -1.08. The standard InChI is InChI=1S/C23H23N5O3/c24-14-8-5-13(6-9-14)7-10-20-17(22(29)28-27-20)12-21-16(11-18(25)23(30)31)15-3-1-2-4-19(15)26-21/h1-6,8-9,12,18,26H,7,10-11,24-25H2,(H,28,29)(H,30,31). The van der Waals surface area contributed by atoms with E-state index in [0.717, 1.165) is 22.0 Å². The molecule has 0 saturated carbocycles. The second-order valence-electron chi connectivity index (χ2n) is 7.51. The molecule has 0 bridgehead atoms. The van der Waals surface area contributed by atoms with Gasteiger partial charge >= 0.3 is 5.97 Å². The molecule has 1 unspecified atom stereocenters. The van der Waals surface area contributed by atoms with Crippen LogP contribution in [0.25, 0.3) is 17.0 Å². The number of nitrogens with zero attached hydrogens (tertiary/aromatic N) is 1. The maximum atomic E-state index is 12.5. The van der Waals surface area contributed by atoms with E-state index in [2.05, 4.69) is 15.5 Å². The lowest BCUT2D eigenvalue weighted by atomic mass is 9.98. The second-order valence-corrected chi connectivity index (χ2v) is 7.51. The maximum absolute atomic E-state index is 12.5. The van der Waals surface area contributed by atoms with E-state index in [1.807, 2.05) is 48.5 Å². The lowest BCUT2D eigenvalue weighted by molar-refractivity contribution is -0.138. The highest BCUT2D eigenvalue weighted by Gasteiger charge is 2.24. The van der Waals surface area contributed by atoms with Crippen molar-refractivity contribution < 1.29 is 14.7 Å². The van der Waals surface area contributed by atoms with Crippen LogP contribution in [0.3, 0.4) is 0 Å². The summed E-state index contributed by atoms with van der Waals surface area (Å²) in [6.07, 6.45) is 3.14. The van der Waals surface area contributed by atoms with E-state index in [9.17, 15) is 14.7 Å². The fraction of sp³-hybridized carbons (Fsp3) is 0.174. The molecule has 1 aliphatic heterocycles. The van der Waals surface area contributed by atoms with E-state index in [1.165, 1.54) is 0 Å². The van der Waals surface area contributed by atoms with Gasteiger partial charge < -0.3 is 21.6 Å². The molecule has 0 spiro atoms. The van der Waals surface area contributed by atoms with Crippen molar-refractivity contribution in [3.8, 4) is 0 Å². The number of benzene rings is 2. The minimum absolute atomic E-state index is 0.137. The van der Waals surface area contributed by atoms with Crippen LogP contribution in [0.1, 0.15) is 23.2 Å². The van der Waals surface area contributed by atoms with Gasteiger partial charge in [-0.3, -0.25) is 9.59 Å². The zero-order chi connectivity index (χ0) is 22.0. The van der Waals surface area contributed by atoms with Crippen LogP contribution in [-0.4, -0.2) is 33.7 Å². The first-order valence-electron chi connectivity index (χ1n) is 9.93. The molecule has 4 rings (SSSR count). The largest absolute Gasteiger partial charge is 0.480 e. The van der Waals surface area contributed by atoms with Crippen molar-refractivity contribution in [2.24, 2.45) is 10.8 Å². The van der Waals surface area contributed by atoms with E-state index in [1.54, 1.807) is 6.08 Å². The first kappa shape index (κ1) is 20.4. The van der Waals surface area contributed by atoms with Crippen LogP contribution in [0, 0.1) is 0 Å². The Kier molecular flexibility index (Phi) is 5.55. The number of H-pyrrole nitrogens is 1. The molecule has 0 fully saturated rings. The number of amides is 1. The molecule has 2 aromatic carbocycles. The van der Waals surface area contributed by atoms with Gasteiger partial charge in [0.2, 0.25) is 0 Å². The molecular weight excluding hydrogens is 394 g/mol. The van der Waals surface area contributed by atoms with Crippen LogP contribution in [-0.2, 0) is 22.4 Å². The molecule has 8 nitrogen and oxygen atoms in total. The number of anilines is 1. The summed E-state index contributed by atoms with van der Waals surface area (Å²) in [7, 11) is 0. The second kappa shape index (κ2) is 8.45. The van der Waals surface area contributed by atoms with Crippen LogP contribution in [0.2, 0.25) is 0 Å². The van der Waals surface area contributed by atoms with Crippen molar-refractivity contribution >= 4 is 40.3 Å². The minimum Gasteiger partial charge on any atom is -0.480 e. The molecule has 0 saturated heterocycles. The summed E-state index contributed by atoms with van der Waals surface area (Å²) in [5.41, 5.74) is 19.2. The lowest BCUT2D eigenvalue weighted by Gasteiger charge is -2.08. The Bertz CT molecular complexity index is 1210. The highest BCUT2D eigenvalue weighted by Crippen LogP contribution is 2.27. The number of aryl methyl sites for hydroxylation is 1. The van der Waals surface area contributed by atoms with Crippen molar-refractivity contribution in [3.05, 3.63) is 70.9 Å². The van der Waals surface area contributed by atoms with Gasteiger partial charge in [0.25, 0.3) is 5.91 Å². The Morgan fingerprint density at radius 1 is 1.13 bits per heavy atom. The fourth-order valence-electron chi connectivity index (χ4n) is 3.67. The quantitative estimate of drug-likeness (QED) is 0.295. The van der Waals surface area contributed by atoms with Gasteiger partial charge in [-0.2, -0.15) is 5.10 Å². The number of carbonyl (C=O) groups excluding carboxylic acids is 1. The van der Waals surface area contributed by atoms with Crippen LogP contribution in [0.15, 0.2) is 59.2 Å². The third kappa shape index (κ3) is 4.34. The van der Waals surface area contributed by atoms with E-state index in [4.69, 9.17) is 11.5 Å². The number of carbonyl (C=O) groups is 2. The summed E-state index contributed by atoms with van der Waals surface area (Å²) >= 11 is 0. The summed E-state index contributed by atoms with van der Waals surface area (Å²) in [6, 6.07) is 14.1. The number of para-hydroxylation sites is 1. The number of aromatic amines is 1. The predicted molar refractivity (Wildman–Crippen MR) is 120 cm³/mol. The number of hydrogen-bond donors (Lipinski definition) is 5. The molecule has 3 aromatic rings. The van der Waals surface area contributed by atoms with Crippen LogP contribution < -0.4 is 16.9 Å². The molecule has 1 atom stereocenters. The molecule has 2 heterocycles. The van der Waals surface area contributed by atoms with Gasteiger partial charge in [-0.15, -0.1) is 0 Å². The number of fused-ring (bicyclic) bond motifs is 1. The molecule has 7 N–H and O–H groups in total. The summed E-state index contributed by atoms with van der Waals surface area (Å²) in [4.78, 5) is 27.1. The zero-order valence-electron chi connectivity index (χ0n) is 16.8. The average molecular weight is 417 g/mol. The SMILES string of the molecule is Nc1ccc(CCC2=NNC(=O)C2=Cc2[nH]c3ccccc3c2CC(N)C(=O)O)cc1. The topological polar surface area (TPSA) is 147 Å². The monoisotopic (exact) mass is 417 g/mol. The van der Waals surface area contributed by atoms with Gasteiger partial charge in [0.1, 0.15) is 6.04 Å². The van der Waals surface area contributed by atoms with E-state index < -0.39 is 12.0 Å². The first-order valence-corrected chi connectivity index (χ1v) is 9.93. The number of carboxylic acid groups (broad SMARTS) is 1. The Morgan fingerprint density at radius 3 is 2.61 bits per heavy atom. The van der Waals surface area contributed by atoms with Crippen molar-refractivity contribution in [2.75, 3.05) is 5.73 Å². The zero-order valence-corrected chi connectivity index (χ0v) is 16.8. The highest BCUT2D eigenvalue weighted by molar-refractivity contribution is 6.27. The van der Waals surface area contributed by atoms with Gasteiger partial charge in [-0.05, 0) is 48.2 Å². The van der Waals surface area contributed by atoms with E-state index >= 15 is 0 Å². The number of nitrogens with two attached hydrogens (primary N) is 2. The van der Waals surface area contributed by atoms with Crippen LogP contribution in [0.5, 0.6) is 0 Å². The van der Waals surface area contributed by atoms with Gasteiger partial charge in [0.15, 0.2) is 0 Å². The molecule has 0 radical (unpaired) electrons. The first-order chi connectivity index (χ1) is 14.9. The van der Waals surface area contributed by atoms with E-state index in [-0.39, 0.29) is 12.3 Å². The molecule has 1 aliphatic rings. The van der Waals surface area contributed by atoms with E-state index in [0.29, 0.717) is 35.5 Å². The maximum Gasteiger partial charge on any atom is 0.320 e. The summed E-state index contributed by atoms with van der Waals surface area (Å²) in [5.74, 6) is -1.37. The number of aromatic nitrogens is 1. The highest BCUT2D eigenvalue weighted by atomic mass is 16.4. The number of hydrazone groups is 1. The van der Waals surface area contributed by atoms with Crippen molar-refractivity contribution in [1.82, 2.24) is 10.4 Å². The number of rotatable bonds is 7. The average Bonchev–Trinajstić information content (AvgIpc) is 3.28. The molecule has 0 aliphatic carbocycles. The van der Waals surface area contributed by atoms with Crippen molar-refractivity contribution in [3.63, 3.8) is 0 Å². The Morgan fingerprint density at radius 2 is 1.87 bits per heavy atom. The Balaban J connectivity index is 1.65. The Hall–Kier alpha value is -3.91. The van der Waals surface area contributed by atoms with Gasteiger partial charge in [0, 0.05) is 28.7 Å². The van der Waals surface area contributed by atoms with Gasteiger partial charge in [0.05, 0.1) is 11.3 Å². The molecule has 8 heteroatoms. The summed E-state index contributed by atoms with van der Waals surface area (Å²) in [6.45, 7) is 0. The molecule has 1 amide bonds. The molecule has 158 valence electrons. The number of hydrogen-bond acceptors (Lipinski definition) is 5. The third-order valence-corrected chi connectivity index (χ3v) is 5.35. The van der Waals surface area contributed by atoms with Gasteiger partial charge in [-0.25, -0.2) is 5.43 Å². The summed E-state index contributed by atoms with van der Waals surface area (Å²) in [5, 5.41) is 14.3. The predicted octanol–water partition coefficient (Wildman–Crippen LogP) is 2.21. The van der Waals surface area contributed by atoms with Gasteiger partial charge in [-0.1, -0.05) is 30.3 Å². The van der Waals surface area contributed by atoms with Crippen LogP contribution >= 0.6 is 0 Å². The van der Waals surface area contributed by atoms with Crippen molar-refractivity contribution in [1.29, 1.82) is 0 Å². The number of carboxylic acids is 1. The molecular formula is C23H23N5O3. The lowest BCUT2D eigenvalue weighted by Crippen LogP contribution is -2.32. The fourth-order valence-corrected chi connectivity index (χ4v) is 3.67. The number of aliphatic carboxylic acids is 1.